The first-order chi connectivity index (χ1) is 6.59. The Hall–Kier alpha value is -1.51. The lowest BCUT2D eigenvalue weighted by molar-refractivity contribution is 0.271. The summed E-state index contributed by atoms with van der Waals surface area (Å²) in [5.74, 6) is 1.42. The lowest BCUT2D eigenvalue weighted by Crippen LogP contribution is -2.10. The molecule has 0 saturated heterocycles. The van der Waals surface area contributed by atoms with Gasteiger partial charge in [0.2, 0.25) is 0 Å². The Kier molecular flexibility index (Phi) is 3.51. The van der Waals surface area contributed by atoms with Gasteiger partial charge in [-0.25, -0.2) is 0 Å². The van der Waals surface area contributed by atoms with E-state index in [9.17, 15) is 0 Å². The Bertz CT molecular complexity index is 304. The molecule has 0 spiro atoms. The predicted octanol–water partition coefficient (Wildman–Crippen LogP) is 2.01. The van der Waals surface area contributed by atoms with Crippen molar-refractivity contribution >= 4 is 5.84 Å². The molecule has 3 heteroatoms. The highest BCUT2D eigenvalue weighted by atomic mass is 16.5. The van der Waals surface area contributed by atoms with Crippen LogP contribution in [0.1, 0.15) is 19.4 Å². The van der Waals surface area contributed by atoms with Crippen LogP contribution in [-0.4, -0.2) is 12.4 Å². The first-order valence-electron chi connectivity index (χ1n) is 4.67. The number of nitrogens with two attached hydrogens (primary N) is 1. The summed E-state index contributed by atoms with van der Waals surface area (Å²) in [6, 6.07) is 7.24. The van der Waals surface area contributed by atoms with Gasteiger partial charge in [-0.05, 0) is 30.2 Å². The second-order valence-corrected chi connectivity index (χ2v) is 3.64. The Labute approximate surface area is 84.4 Å². The van der Waals surface area contributed by atoms with Gasteiger partial charge in [-0.3, -0.25) is 5.41 Å². The summed E-state index contributed by atoms with van der Waals surface area (Å²) in [5.41, 5.74) is 6.05. The molecule has 14 heavy (non-hydrogen) atoms. The summed E-state index contributed by atoms with van der Waals surface area (Å²) >= 11 is 0. The van der Waals surface area contributed by atoms with Gasteiger partial charge in [-0.15, -0.1) is 0 Å². The summed E-state index contributed by atoms with van der Waals surface area (Å²) < 4.78 is 5.49. The van der Waals surface area contributed by atoms with E-state index in [2.05, 4.69) is 13.8 Å². The van der Waals surface area contributed by atoms with Gasteiger partial charge in [0.1, 0.15) is 11.6 Å². The maximum atomic E-state index is 7.21. The molecule has 0 aromatic heterocycles. The quantitative estimate of drug-likeness (QED) is 0.566. The van der Waals surface area contributed by atoms with Crippen molar-refractivity contribution in [1.29, 1.82) is 5.41 Å². The van der Waals surface area contributed by atoms with E-state index in [1.807, 2.05) is 12.1 Å². The first-order valence-corrected chi connectivity index (χ1v) is 4.67. The van der Waals surface area contributed by atoms with Gasteiger partial charge in [0.15, 0.2) is 0 Å². The van der Waals surface area contributed by atoms with Crippen LogP contribution in [0.5, 0.6) is 5.75 Å². The number of rotatable bonds is 4. The number of hydrogen-bond donors (Lipinski definition) is 2. The van der Waals surface area contributed by atoms with Crippen LogP contribution in [0.4, 0.5) is 0 Å². The van der Waals surface area contributed by atoms with Gasteiger partial charge in [0.25, 0.3) is 0 Å². The predicted molar refractivity (Wildman–Crippen MR) is 57.8 cm³/mol. The average molecular weight is 192 g/mol. The van der Waals surface area contributed by atoms with Crippen molar-refractivity contribution < 1.29 is 4.74 Å². The maximum absolute atomic E-state index is 7.21. The van der Waals surface area contributed by atoms with Crippen LogP contribution in [0.25, 0.3) is 0 Å². The van der Waals surface area contributed by atoms with Crippen LogP contribution in [0.15, 0.2) is 24.3 Å². The highest BCUT2D eigenvalue weighted by Crippen LogP contribution is 2.12. The van der Waals surface area contributed by atoms with E-state index < -0.39 is 0 Å². The molecule has 0 amide bonds. The monoisotopic (exact) mass is 192 g/mol. The third kappa shape index (κ3) is 3.09. The zero-order chi connectivity index (χ0) is 10.6. The van der Waals surface area contributed by atoms with Crippen LogP contribution in [0.3, 0.4) is 0 Å². The number of ether oxygens (including phenoxy) is 1. The molecule has 0 heterocycles. The molecule has 1 aromatic rings. The molecule has 0 radical (unpaired) electrons. The molecule has 0 saturated carbocycles. The molecule has 1 aromatic carbocycles. The van der Waals surface area contributed by atoms with E-state index in [0.717, 1.165) is 11.3 Å². The number of nitrogen functional groups attached to an aromatic ring is 1. The van der Waals surface area contributed by atoms with E-state index >= 15 is 0 Å². The van der Waals surface area contributed by atoms with Crippen LogP contribution < -0.4 is 10.5 Å². The third-order valence-corrected chi connectivity index (χ3v) is 1.75. The lowest BCUT2D eigenvalue weighted by Gasteiger charge is -2.08. The van der Waals surface area contributed by atoms with Crippen LogP contribution in [0.2, 0.25) is 0 Å². The maximum Gasteiger partial charge on any atom is 0.122 e. The molecular weight excluding hydrogens is 176 g/mol. The zero-order valence-electron chi connectivity index (χ0n) is 8.58. The second kappa shape index (κ2) is 4.65. The molecule has 3 N–H and O–H groups in total. The van der Waals surface area contributed by atoms with E-state index in [-0.39, 0.29) is 5.84 Å². The summed E-state index contributed by atoms with van der Waals surface area (Å²) in [5, 5.41) is 7.21. The zero-order valence-corrected chi connectivity index (χ0v) is 8.58. The molecule has 0 aliphatic rings. The summed E-state index contributed by atoms with van der Waals surface area (Å²) in [7, 11) is 0. The minimum absolute atomic E-state index is 0.0837. The van der Waals surface area contributed by atoms with Crippen molar-refractivity contribution in [2.45, 2.75) is 13.8 Å². The standard InChI is InChI=1S/C11H16N2O/c1-8(2)7-14-10-5-3-9(4-6-10)11(12)13/h3-6,8H,7H2,1-2H3,(H3,12,13). The minimum atomic E-state index is 0.0837. The number of benzene rings is 1. The smallest absolute Gasteiger partial charge is 0.122 e. The van der Waals surface area contributed by atoms with Gasteiger partial charge in [0, 0.05) is 5.56 Å². The summed E-state index contributed by atoms with van der Waals surface area (Å²) in [4.78, 5) is 0. The van der Waals surface area contributed by atoms with Crippen LogP contribution in [0, 0.1) is 11.3 Å². The van der Waals surface area contributed by atoms with Crippen molar-refractivity contribution in [2.24, 2.45) is 11.7 Å². The fourth-order valence-corrected chi connectivity index (χ4v) is 0.994. The molecule has 0 unspecified atom stereocenters. The van der Waals surface area contributed by atoms with Crippen molar-refractivity contribution in [2.75, 3.05) is 6.61 Å². The number of hydrogen-bond acceptors (Lipinski definition) is 2. The van der Waals surface area contributed by atoms with Gasteiger partial charge < -0.3 is 10.5 Å². The van der Waals surface area contributed by atoms with Gasteiger partial charge in [0.05, 0.1) is 6.61 Å². The van der Waals surface area contributed by atoms with Crippen molar-refractivity contribution in [1.82, 2.24) is 0 Å². The molecule has 0 fully saturated rings. The molecule has 1 rings (SSSR count). The fourth-order valence-electron chi connectivity index (χ4n) is 0.994. The molecular formula is C11H16N2O. The molecule has 76 valence electrons. The molecule has 0 atom stereocenters. The lowest BCUT2D eigenvalue weighted by atomic mass is 10.2. The molecule has 0 aliphatic heterocycles. The van der Waals surface area contributed by atoms with Gasteiger partial charge >= 0.3 is 0 Å². The topological polar surface area (TPSA) is 59.1 Å². The van der Waals surface area contributed by atoms with Gasteiger partial charge in [-0.1, -0.05) is 13.8 Å². The normalized spacial score (nSPS) is 10.2. The summed E-state index contributed by atoms with van der Waals surface area (Å²) in [6.07, 6.45) is 0. The molecule has 3 nitrogen and oxygen atoms in total. The van der Waals surface area contributed by atoms with Crippen molar-refractivity contribution in [3.05, 3.63) is 29.8 Å². The number of nitrogens with one attached hydrogen (secondary N) is 1. The van der Waals surface area contributed by atoms with E-state index in [0.29, 0.717) is 12.5 Å². The highest BCUT2D eigenvalue weighted by molar-refractivity contribution is 5.94. The SMILES string of the molecule is CC(C)COc1ccc(C(=N)N)cc1. The van der Waals surface area contributed by atoms with Crippen LogP contribution in [-0.2, 0) is 0 Å². The second-order valence-electron chi connectivity index (χ2n) is 3.64. The highest BCUT2D eigenvalue weighted by Gasteiger charge is 1.98. The van der Waals surface area contributed by atoms with E-state index in [1.165, 1.54) is 0 Å². The number of amidine groups is 1. The Morgan fingerprint density at radius 2 is 1.93 bits per heavy atom. The molecule has 0 aliphatic carbocycles. The Balaban J connectivity index is 2.60. The largest absolute Gasteiger partial charge is 0.493 e. The minimum Gasteiger partial charge on any atom is -0.493 e. The fraction of sp³-hybridized carbons (Fsp3) is 0.364. The average Bonchev–Trinajstić information content (AvgIpc) is 2.15. The molecule has 0 bridgehead atoms. The van der Waals surface area contributed by atoms with Gasteiger partial charge in [-0.2, -0.15) is 0 Å². The van der Waals surface area contributed by atoms with E-state index in [1.54, 1.807) is 12.1 Å². The Morgan fingerprint density at radius 1 is 1.36 bits per heavy atom. The van der Waals surface area contributed by atoms with Crippen molar-refractivity contribution in [3.8, 4) is 5.75 Å². The van der Waals surface area contributed by atoms with E-state index in [4.69, 9.17) is 15.9 Å². The Morgan fingerprint density at radius 3 is 2.36 bits per heavy atom. The summed E-state index contributed by atoms with van der Waals surface area (Å²) in [6.45, 7) is 4.91. The van der Waals surface area contributed by atoms with Crippen LogP contribution >= 0.6 is 0 Å². The van der Waals surface area contributed by atoms with Crippen molar-refractivity contribution in [3.63, 3.8) is 0 Å². The third-order valence-electron chi connectivity index (χ3n) is 1.75. The first kappa shape index (κ1) is 10.6.